The zero-order chi connectivity index (χ0) is 21.1. The number of rotatable bonds is 10. The summed E-state index contributed by atoms with van der Waals surface area (Å²) in [6, 6.07) is 10.7. The number of ether oxygens (including phenoxy) is 1. The predicted molar refractivity (Wildman–Crippen MR) is 122 cm³/mol. The van der Waals surface area contributed by atoms with E-state index in [0.717, 1.165) is 45.1 Å². The summed E-state index contributed by atoms with van der Waals surface area (Å²) in [4.78, 5) is 12.8. The fraction of sp³-hybridized carbons (Fsp3) is 0.409. The number of ketones is 1. The van der Waals surface area contributed by atoms with Gasteiger partial charge in [-0.3, -0.25) is 4.79 Å². The number of nitrogens with one attached hydrogen (secondary N) is 1. The van der Waals surface area contributed by atoms with Gasteiger partial charge in [0, 0.05) is 29.5 Å². The van der Waals surface area contributed by atoms with E-state index in [9.17, 15) is 4.79 Å². The molecule has 6 nitrogen and oxygen atoms in total. The highest BCUT2D eigenvalue weighted by Crippen LogP contribution is 2.30. The summed E-state index contributed by atoms with van der Waals surface area (Å²) in [7, 11) is 1.67. The van der Waals surface area contributed by atoms with Crippen molar-refractivity contribution in [2.45, 2.75) is 50.0 Å². The third-order valence-electron chi connectivity index (χ3n) is 5.30. The number of Topliss-reactive ketones (excluding diaryl/α,β-unsaturated/α-hetero) is 1. The van der Waals surface area contributed by atoms with Gasteiger partial charge in [-0.1, -0.05) is 35.2 Å². The molecule has 0 unspecified atom stereocenters. The molecule has 0 spiro atoms. The summed E-state index contributed by atoms with van der Waals surface area (Å²) in [6.07, 6.45) is 3.31. The third-order valence-corrected chi connectivity index (χ3v) is 7.28. The summed E-state index contributed by atoms with van der Waals surface area (Å²) in [5.41, 5.74) is 4.19. The number of methoxy groups -OCH3 is 1. The fourth-order valence-corrected chi connectivity index (χ4v) is 5.11. The second kappa shape index (κ2) is 9.22. The van der Waals surface area contributed by atoms with Crippen molar-refractivity contribution in [3.63, 3.8) is 0 Å². The van der Waals surface area contributed by atoms with Crippen LogP contribution < -0.4 is 10.1 Å². The van der Waals surface area contributed by atoms with Crippen LogP contribution in [0.25, 0.3) is 0 Å². The van der Waals surface area contributed by atoms with E-state index >= 15 is 0 Å². The highest BCUT2D eigenvalue weighted by atomic mass is 32.2. The van der Waals surface area contributed by atoms with E-state index in [1.54, 1.807) is 7.11 Å². The molecule has 0 amide bonds. The van der Waals surface area contributed by atoms with Crippen LogP contribution in [0.1, 0.15) is 40.2 Å². The molecular weight excluding hydrogens is 416 g/mol. The lowest BCUT2D eigenvalue weighted by Gasteiger charge is -2.10. The van der Waals surface area contributed by atoms with Crippen LogP contribution >= 0.6 is 23.1 Å². The van der Waals surface area contributed by atoms with E-state index in [1.165, 1.54) is 41.5 Å². The van der Waals surface area contributed by atoms with E-state index in [4.69, 9.17) is 4.74 Å². The van der Waals surface area contributed by atoms with Gasteiger partial charge in [0.05, 0.1) is 12.9 Å². The molecule has 0 saturated heterocycles. The van der Waals surface area contributed by atoms with E-state index in [0.29, 0.717) is 11.8 Å². The van der Waals surface area contributed by atoms with Gasteiger partial charge in [0.1, 0.15) is 5.75 Å². The van der Waals surface area contributed by atoms with Gasteiger partial charge in [0.2, 0.25) is 5.13 Å². The van der Waals surface area contributed by atoms with Gasteiger partial charge >= 0.3 is 0 Å². The fourth-order valence-electron chi connectivity index (χ4n) is 3.39. The number of thioether (sulfide) groups is 1. The maximum absolute atomic E-state index is 12.8. The molecule has 8 heteroatoms. The topological polar surface area (TPSA) is 69.0 Å². The summed E-state index contributed by atoms with van der Waals surface area (Å²) in [6.45, 7) is 4.93. The van der Waals surface area contributed by atoms with Gasteiger partial charge in [-0.2, -0.15) is 0 Å². The molecule has 1 N–H and O–H groups in total. The Kier molecular flexibility index (Phi) is 6.43. The van der Waals surface area contributed by atoms with Crippen LogP contribution in [0.15, 0.2) is 34.7 Å². The number of aryl methyl sites for hydroxylation is 2. The minimum atomic E-state index is 0.135. The Morgan fingerprint density at radius 1 is 1.27 bits per heavy atom. The van der Waals surface area contributed by atoms with Crippen LogP contribution in [0, 0.1) is 13.8 Å². The number of carbonyl (C=O) groups excluding carboxylic acids is 1. The number of nitrogens with zero attached hydrogens (tertiary/aromatic N) is 3. The second-order valence-electron chi connectivity index (χ2n) is 7.54. The SMILES string of the molecule is COc1ccc(CCn2c(C)cc(C(=O)CSc3nnc(NC4CC4)s3)c2C)cc1. The Hall–Kier alpha value is -2.32. The first kappa shape index (κ1) is 20.9. The molecule has 158 valence electrons. The minimum absolute atomic E-state index is 0.135. The van der Waals surface area contributed by atoms with E-state index in [2.05, 4.69) is 39.1 Å². The molecule has 2 aromatic heterocycles. The molecular formula is C22H26N4O2S2. The zero-order valence-electron chi connectivity index (χ0n) is 17.5. The first-order valence-electron chi connectivity index (χ1n) is 10.1. The molecule has 0 bridgehead atoms. The minimum Gasteiger partial charge on any atom is -0.497 e. The zero-order valence-corrected chi connectivity index (χ0v) is 19.1. The third kappa shape index (κ3) is 5.05. The van der Waals surface area contributed by atoms with Crippen molar-refractivity contribution in [3.05, 3.63) is 52.8 Å². The van der Waals surface area contributed by atoms with Gasteiger partial charge in [-0.05, 0) is 56.9 Å². The van der Waals surface area contributed by atoms with Crippen molar-refractivity contribution in [2.24, 2.45) is 0 Å². The Morgan fingerprint density at radius 3 is 2.73 bits per heavy atom. The van der Waals surface area contributed by atoms with Gasteiger partial charge in [0.15, 0.2) is 10.1 Å². The Labute approximate surface area is 185 Å². The molecule has 1 aromatic carbocycles. The number of aromatic nitrogens is 3. The Bertz CT molecular complexity index is 1020. The number of hydrogen-bond acceptors (Lipinski definition) is 7. The molecule has 3 aromatic rings. The van der Waals surface area contributed by atoms with E-state index in [1.807, 2.05) is 25.1 Å². The average Bonchev–Trinajstić information content (AvgIpc) is 3.37. The van der Waals surface area contributed by atoms with Crippen LogP contribution in [0.2, 0.25) is 0 Å². The molecule has 4 rings (SSSR count). The van der Waals surface area contributed by atoms with Gasteiger partial charge in [-0.15, -0.1) is 10.2 Å². The number of hydrogen-bond donors (Lipinski definition) is 1. The van der Waals surface area contributed by atoms with Gasteiger partial charge < -0.3 is 14.6 Å². The van der Waals surface area contributed by atoms with Crippen LogP contribution in [-0.2, 0) is 13.0 Å². The molecule has 0 aliphatic heterocycles. The molecule has 1 fully saturated rings. The Balaban J connectivity index is 1.35. The molecule has 0 radical (unpaired) electrons. The van der Waals surface area contributed by atoms with Crippen molar-refractivity contribution in [2.75, 3.05) is 18.2 Å². The monoisotopic (exact) mass is 442 g/mol. The van der Waals surface area contributed by atoms with E-state index in [-0.39, 0.29) is 5.78 Å². The standard InChI is InChI=1S/C22H26N4O2S2/c1-14-12-19(15(2)26(14)11-10-16-4-8-18(28-3)9-5-16)20(27)13-29-22-25-24-21(30-22)23-17-6-7-17/h4-5,8-9,12,17H,6-7,10-11,13H2,1-3H3,(H,23,24). The molecule has 1 aliphatic carbocycles. The summed E-state index contributed by atoms with van der Waals surface area (Å²) in [5.74, 6) is 1.37. The lowest BCUT2D eigenvalue weighted by atomic mass is 10.1. The van der Waals surface area contributed by atoms with Crippen molar-refractivity contribution >= 4 is 34.0 Å². The quantitative estimate of drug-likeness (QED) is 0.361. The molecule has 30 heavy (non-hydrogen) atoms. The lowest BCUT2D eigenvalue weighted by molar-refractivity contribution is 0.102. The Morgan fingerprint density at radius 2 is 2.03 bits per heavy atom. The summed E-state index contributed by atoms with van der Waals surface area (Å²) < 4.78 is 8.28. The first-order valence-corrected chi connectivity index (χ1v) is 11.9. The maximum atomic E-state index is 12.8. The largest absolute Gasteiger partial charge is 0.497 e. The van der Waals surface area contributed by atoms with Crippen molar-refractivity contribution in [1.82, 2.24) is 14.8 Å². The number of carbonyl (C=O) groups is 1. The van der Waals surface area contributed by atoms with Crippen LogP contribution in [0.4, 0.5) is 5.13 Å². The van der Waals surface area contributed by atoms with Crippen LogP contribution in [-0.4, -0.2) is 39.5 Å². The normalized spacial score (nSPS) is 13.4. The second-order valence-corrected chi connectivity index (χ2v) is 9.74. The van der Waals surface area contributed by atoms with Gasteiger partial charge in [-0.25, -0.2) is 0 Å². The van der Waals surface area contributed by atoms with Crippen molar-refractivity contribution in [1.29, 1.82) is 0 Å². The molecule has 1 aliphatic rings. The number of benzene rings is 1. The first-order chi connectivity index (χ1) is 14.5. The molecule has 2 heterocycles. The van der Waals surface area contributed by atoms with Gasteiger partial charge in [0.25, 0.3) is 0 Å². The highest BCUT2D eigenvalue weighted by molar-refractivity contribution is 8.01. The number of anilines is 1. The molecule has 0 atom stereocenters. The average molecular weight is 443 g/mol. The predicted octanol–water partition coefficient (Wildman–Crippen LogP) is 4.76. The smallest absolute Gasteiger partial charge is 0.206 e. The van der Waals surface area contributed by atoms with Crippen LogP contribution in [0.5, 0.6) is 5.75 Å². The van der Waals surface area contributed by atoms with Crippen molar-refractivity contribution in [3.8, 4) is 5.75 Å². The van der Waals surface area contributed by atoms with Crippen LogP contribution in [0.3, 0.4) is 0 Å². The lowest BCUT2D eigenvalue weighted by Crippen LogP contribution is -2.08. The maximum Gasteiger partial charge on any atom is 0.206 e. The van der Waals surface area contributed by atoms with E-state index < -0.39 is 0 Å². The van der Waals surface area contributed by atoms with Crippen molar-refractivity contribution < 1.29 is 9.53 Å². The highest BCUT2D eigenvalue weighted by Gasteiger charge is 2.23. The summed E-state index contributed by atoms with van der Waals surface area (Å²) in [5, 5.41) is 12.5. The summed E-state index contributed by atoms with van der Waals surface area (Å²) >= 11 is 2.99. The molecule has 1 saturated carbocycles.